The van der Waals surface area contributed by atoms with E-state index >= 15 is 0 Å². The minimum Gasteiger partial charge on any atom is -0.509 e. The maximum absolute atomic E-state index is 13.6. The zero-order valence-electron chi connectivity index (χ0n) is 14.0. The topological polar surface area (TPSA) is 66.4 Å². The van der Waals surface area contributed by atoms with E-state index in [1.165, 1.54) is 12.1 Å². The first-order valence-electron chi connectivity index (χ1n) is 8.08. The molecule has 0 saturated heterocycles. The van der Waals surface area contributed by atoms with Crippen molar-refractivity contribution in [3.8, 4) is 0 Å². The van der Waals surface area contributed by atoms with E-state index in [-0.39, 0.29) is 27.5 Å². The third-order valence-electron chi connectivity index (χ3n) is 4.47. The Morgan fingerprint density at radius 2 is 1.79 bits per heavy atom. The van der Waals surface area contributed by atoms with Gasteiger partial charge in [0.25, 0.3) is 5.91 Å². The maximum Gasteiger partial charge on any atom is 0.256 e. The van der Waals surface area contributed by atoms with Gasteiger partial charge in [-0.1, -0.05) is 13.8 Å². The van der Waals surface area contributed by atoms with E-state index in [1.807, 2.05) is 13.8 Å². The molecule has 2 N–H and O–H groups in total. The van der Waals surface area contributed by atoms with Gasteiger partial charge in [0.2, 0.25) is 0 Å². The summed E-state index contributed by atoms with van der Waals surface area (Å²) in [5.41, 5.74) is 0.388. The first-order valence-corrected chi connectivity index (χ1v) is 8.87. The van der Waals surface area contributed by atoms with Crippen molar-refractivity contribution in [2.75, 3.05) is 0 Å². The third-order valence-corrected chi connectivity index (χ3v) is 5.08. The molecule has 130 valence electrons. The molecule has 0 atom stereocenters. The molecule has 4 nitrogen and oxygen atoms in total. The second kappa shape index (κ2) is 7.05. The van der Waals surface area contributed by atoms with Gasteiger partial charge in [0.15, 0.2) is 0 Å². The first kappa shape index (κ1) is 18.6. The second-order valence-electron chi connectivity index (χ2n) is 5.88. The average molecular weight is 398 g/mol. The number of carbonyl (C=O) groups excluding carboxylic acids is 2. The number of rotatable bonds is 1. The fourth-order valence-corrected chi connectivity index (χ4v) is 3.51. The quantitative estimate of drug-likeness (QED) is 0.745. The largest absolute Gasteiger partial charge is 0.509 e. The van der Waals surface area contributed by atoms with Gasteiger partial charge in [0.05, 0.1) is 15.6 Å². The fourth-order valence-electron chi connectivity index (χ4n) is 3.17. The number of hydrogen-bond acceptors (Lipinski definition) is 3. The van der Waals surface area contributed by atoms with E-state index < -0.39 is 11.4 Å². The molecule has 1 aromatic rings. The number of nitrogens with one attached hydrogen (secondary N) is 1. The van der Waals surface area contributed by atoms with Crippen LogP contribution < -0.4 is 5.32 Å². The highest BCUT2D eigenvalue weighted by molar-refractivity contribution is 9.10. The Kier molecular flexibility index (Phi) is 5.48. The first-order chi connectivity index (χ1) is 11.3. The predicted octanol–water partition coefficient (Wildman–Crippen LogP) is 4.20. The van der Waals surface area contributed by atoms with Crippen molar-refractivity contribution in [3.63, 3.8) is 0 Å². The van der Waals surface area contributed by atoms with Gasteiger partial charge in [-0.2, -0.15) is 0 Å². The molecule has 1 amide bonds. The zero-order valence-corrected chi connectivity index (χ0v) is 15.6. The zero-order chi connectivity index (χ0) is 18.1. The highest BCUT2D eigenvalue weighted by Crippen LogP contribution is 2.41. The molecule has 1 heterocycles. The summed E-state index contributed by atoms with van der Waals surface area (Å²) in [6.07, 6.45) is 1.47. The third kappa shape index (κ3) is 3.11. The van der Waals surface area contributed by atoms with E-state index in [0.29, 0.717) is 36.8 Å². The number of aliphatic hydroxyl groups is 1. The highest BCUT2D eigenvalue weighted by Gasteiger charge is 2.47. The molecule has 3 rings (SSSR count). The van der Waals surface area contributed by atoms with Gasteiger partial charge in [-0.3, -0.25) is 9.59 Å². The van der Waals surface area contributed by atoms with Crippen LogP contribution in [-0.4, -0.2) is 22.3 Å². The molecule has 1 fully saturated rings. The van der Waals surface area contributed by atoms with Crippen molar-refractivity contribution in [2.45, 2.75) is 52.0 Å². The van der Waals surface area contributed by atoms with Crippen LogP contribution in [0.25, 0.3) is 5.57 Å². The summed E-state index contributed by atoms with van der Waals surface area (Å²) < 4.78 is 13.8. The van der Waals surface area contributed by atoms with Gasteiger partial charge in [-0.25, -0.2) is 4.39 Å². The SMILES string of the molecule is CC.Cc1cc(F)c(Br)cc1C1=C(O)C2(CCC(=O)CC2)NC1=O. The smallest absolute Gasteiger partial charge is 0.256 e. The number of benzene rings is 1. The van der Waals surface area contributed by atoms with Gasteiger partial charge < -0.3 is 10.4 Å². The van der Waals surface area contributed by atoms with Crippen LogP contribution in [0.2, 0.25) is 0 Å². The molecule has 1 saturated carbocycles. The van der Waals surface area contributed by atoms with Gasteiger partial charge in [0.1, 0.15) is 17.4 Å². The molecule has 1 spiro atoms. The van der Waals surface area contributed by atoms with Crippen LogP contribution in [0.3, 0.4) is 0 Å². The summed E-state index contributed by atoms with van der Waals surface area (Å²) in [6, 6.07) is 2.82. The summed E-state index contributed by atoms with van der Waals surface area (Å²) in [6.45, 7) is 5.69. The molecule has 0 radical (unpaired) electrons. The molecule has 0 unspecified atom stereocenters. The summed E-state index contributed by atoms with van der Waals surface area (Å²) in [5, 5.41) is 13.5. The monoisotopic (exact) mass is 397 g/mol. The van der Waals surface area contributed by atoms with Crippen molar-refractivity contribution >= 4 is 33.2 Å². The molecule has 2 aliphatic rings. The molecular formula is C18H21BrFNO3. The lowest BCUT2D eigenvalue weighted by Crippen LogP contribution is -2.47. The number of ketones is 1. The Morgan fingerprint density at radius 1 is 1.21 bits per heavy atom. The molecule has 6 heteroatoms. The van der Waals surface area contributed by atoms with Crippen molar-refractivity contribution < 1.29 is 19.1 Å². The Labute approximate surface area is 149 Å². The van der Waals surface area contributed by atoms with Crippen LogP contribution in [0, 0.1) is 12.7 Å². The summed E-state index contributed by atoms with van der Waals surface area (Å²) in [4.78, 5) is 23.8. The van der Waals surface area contributed by atoms with Crippen molar-refractivity contribution in [1.29, 1.82) is 0 Å². The van der Waals surface area contributed by atoms with Crippen LogP contribution in [0.4, 0.5) is 4.39 Å². The molecule has 24 heavy (non-hydrogen) atoms. The van der Waals surface area contributed by atoms with Crippen LogP contribution in [0.15, 0.2) is 22.4 Å². The van der Waals surface area contributed by atoms with Gasteiger partial charge >= 0.3 is 0 Å². The molecular weight excluding hydrogens is 377 g/mol. The van der Waals surface area contributed by atoms with Crippen LogP contribution >= 0.6 is 15.9 Å². The summed E-state index contributed by atoms with van der Waals surface area (Å²) in [5.74, 6) is -0.695. The minimum absolute atomic E-state index is 0.0355. The summed E-state index contributed by atoms with van der Waals surface area (Å²) >= 11 is 3.11. The van der Waals surface area contributed by atoms with E-state index in [9.17, 15) is 19.1 Å². The number of carbonyl (C=O) groups is 2. The van der Waals surface area contributed by atoms with E-state index in [4.69, 9.17) is 0 Å². The number of halogens is 2. The molecule has 1 aromatic carbocycles. The molecule has 1 aliphatic carbocycles. The lowest BCUT2D eigenvalue weighted by molar-refractivity contribution is -0.123. The fraction of sp³-hybridized carbons (Fsp3) is 0.444. The standard InChI is InChI=1S/C16H15BrFNO3.C2H6/c1-8-6-12(18)11(17)7-10(8)13-14(21)16(19-15(13)22)4-2-9(20)3-5-16;1-2/h6-7,21H,2-5H2,1H3,(H,19,22);1-2H3. The Bertz CT molecular complexity index is 717. The Morgan fingerprint density at radius 3 is 2.38 bits per heavy atom. The molecule has 1 aliphatic heterocycles. The minimum atomic E-state index is -0.854. The van der Waals surface area contributed by atoms with Crippen LogP contribution in [-0.2, 0) is 9.59 Å². The van der Waals surface area contributed by atoms with E-state index in [1.54, 1.807) is 6.92 Å². The number of aryl methyl sites for hydroxylation is 1. The Hall–Kier alpha value is -1.69. The number of aliphatic hydroxyl groups excluding tert-OH is 1. The average Bonchev–Trinajstić information content (AvgIpc) is 2.79. The van der Waals surface area contributed by atoms with Gasteiger partial charge in [0, 0.05) is 12.8 Å². The van der Waals surface area contributed by atoms with E-state index in [2.05, 4.69) is 21.2 Å². The van der Waals surface area contributed by atoms with Gasteiger partial charge in [-0.05, 0) is 59.0 Å². The number of hydrogen-bond donors (Lipinski definition) is 2. The second-order valence-corrected chi connectivity index (χ2v) is 6.73. The van der Waals surface area contributed by atoms with Gasteiger partial charge in [-0.15, -0.1) is 0 Å². The number of Topliss-reactive ketones (excluding diaryl/α,β-unsaturated/α-hetero) is 1. The lowest BCUT2D eigenvalue weighted by Gasteiger charge is -2.32. The lowest BCUT2D eigenvalue weighted by atomic mass is 9.80. The highest BCUT2D eigenvalue weighted by atomic mass is 79.9. The molecule has 0 aromatic heterocycles. The van der Waals surface area contributed by atoms with Crippen molar-refractivity contribution in [1.82, 2.24) is 5.32 Å². The summed E-state index contributed by atoms with van der Waals surface area (Å²) in [7, 11) is 0. The van der Waals surface area contributed by atoms with Crippen LogP contribution in [0.5, 0.6) is 0 Å². The number of amides is 1. The van der Waals surface area contributed by atoms with Crippen LogP contribution in [0.1, 0.15) is 50.7 Å². The maximum atomic E-state index is 13.6. The normalized spacial score (nSPS) is 19.2. The Balaban J connectivity index is 0.00000100. The van der Waals surface area contributed by atoms with Crippen molar-refractivity contribution in [3.05, 3.63) is 39.3 Å². The predicted molar refractivity (Wildman–Crippen MR) is 94.1 cm³/mol. The van der Waals surface area contributed by atoms with E-state index in [0.717, 1.165) is 0 Å². The molecule has 0 bridgehead atoms. The van der Waals surface area contributed by atoms with Crippen molar-refractivity contribution in [2.24, 2.45) is 0 Å².